The monoisotopic (exact) mass is 271 g/mol. The van der Waals surface area contributed by atoms with Gasteiger partial charge in [-0.25, -0.2) is 0 Å². The molecule has 20 heavy (non-hydrogen) atoms. The Morgan fingerprint density at radius 2 is 2.00 bits per heavy atom. The lowest BCUT2D eigenvalue weighted by molar-refractivity contribution is -0.174. The Morgan fingerprint density at radius 1 is 1.25 bits per heavy atom. The average molecular weight is 271 g/mol. The van der Waals surface area contributed by atoms with Gasteiger partial charge < -0.3 is 9.47 Å². The van der Waals surface area contributed by atoms with Gasteiger partial charge in [0.25, 0.3) is 0 Å². The van der Waals surface area contributed by atoms with Crippen LogP contribution >= 0.6 is 0 Å². The fourth-order valence-electron chi connectivity index (χ4n) is 3.15. The SMILES string of the molecule is C#C[C@@H]1CN(Cc2ccccc2)CC2(CCOCC2)O1. The number of ether oxygens (including phenoxy) is 2. The highest BCUT2D eigenvalue weighted by atomic mass is 16.5. The first-order chi connectivity index (χ1) is 9.80. The normalized spacial score (nSPS) is 26.2. The third-order valence-corrected chi connectivity index (χ3v) is 4.17. The number of benzene rings is 1. The molecule has 0 aromatic heterocycles. The molecule has 0 unspecified atom stereocenters. The van der Waals surface area contributed by atoms with E-state index in [0.717, 1.165) is 45.7 Å². The lowest BCUT2D eigenvalue weighted by Crippen LogP contribution is -2.57. The smallest absolute Gasteiger partial charge is 0.131 e. The van der Waals surface area contributed by atoms with Gasteiger partial charge in [0.2, 0.25) is 0 Å². The summed E-state index contributed by atoms with van der Waals surface area (Å²) in [4.78, 5) is 2.43. The summed E-state index contributed by atoms with van der Waals surface area (Å²) in [5.74, 6) is 2.79. The molecule has 2 aliphatic heterocycles. The van der Waals surface area contributed by atoms with Crippen molar-refractivity contribution in [1.29, 1.82) is 0 Å². The van der Waals surface area contributed by atoms with Crippen molar-refractivity contribution in [3.05, 3.63) is 35.9 Å². The summed E-state index contributed by atoms with van der Waals surface area (Å²) in [6.07, 6.45) is 7.39. The van der Waals surface area contributed by atoms with Crippen LogP contribution in [0.15, 0.2) is 30.3 Å². The molecule has 3 rings (SSSR count). The molecule has 1 aromatic rings. The Balaban J connectivity index is 1.72. The maximum Gasteiger partial charge on any atom is 0.131 e. The second-order valence-corrected chi connectivity index (χ2v) is 5.72. The third kappa shape index (κ3) is 3.04. The molecule has 2 saturated heterocycles. The number of morpholine rings is 1. The van der Waals surface area contributed by atoms with Crippen molar-refractivity contribution < 1.29 is 9.47 Å². The van der Waals surface area contributed by atoms with Gasteiger partial charge in [-0.3, -0.25) is 4.90 Å². The Kier molecular flexibility index (Phi) is 4.07. The summed E-state index contributed by atoms with van der Waals surface area (Å²) < 4.78 is 11.6. The first-order valence-corrected chi connectivity index (χ1v) is 7.28. The molecule has 3 nitrogen and oxygen atoms in total. The number of hydrogen-bond acceptors (Lipinski definition) is 3. The van der Waals surface area contributed by atoms with Gasteiger partial charge >= 0.3 is 0 Å². The predicted octanol–water partition coefficient (Wildman–Crippen LogP) is 2.07. The molecule has 1 atom stereocenters. The van der Waals surface area contributed by atoms with E-state index in [0.29, 0.717) is 0 Å². The fourth-order valence-corrected chi connectivity index (χ4v) is 3.15. The standard InChI is InChI=1S/C17H21NO2/c1-2-16-13-18(12-15-6-4-3-5-7-15)14-17(20-16)8-10-19-11-9-17/h1,3-7,16H,8-14H2/t16-/m1/s1. The van der Waals surface area contributed by atoms with Crippen molar-refractivity contribution in [2.24, 2.45) is 0 Å². The molecular weight excluding hydrogens is 250 g/mol. The molecule has 0 saturated carbocycles. The maximum absolute atomic E-state index is 6.17. The van der Waals surface area contributed by atoms with E-state index >= 15 is 0 Å². The Hall–Kier alpha value is -1.34. The van der Waals surface area contributed by atoms with E-state index in [4.69, 9.17) is 15.9 Å². The van der Waals surface area contributed by atoms with Crippen LogP contribution in [-0.2, 0) is 16.0 Å². The van der Waals surface area contributed by atoms with Crippen LogP contribution in [0, 0.1) is 12.3 Å². The Morgan fingerprint density at radius 3 is 2.70 bits per heavy atom. The molecule has 2 heterocycles. The second-order valence-electron chi connectivity index (χ2n) is 5.72. The lowest BCUT2D eigenvalue weighted by Gasteiger charge is -2.47. The zero-order chi connectivity index (χ0) is 13.8. The van der Waals surface area contributed by atoms with E-state index in [2.05, 4.69) is 35.1 Å². The number of terminal acetylenes is 1. The van der Waals surface area contributed by atoms with Crippen LogP contribution < -0.4 is 0 Å². The van der Waals surface area contributed by atoms with Crippen LogP contribution in [0.25, 0.3) is 0 Å². The van der Waals surface area contributed by atoms with Crippen molar-refractivity contribution in [2.45, 2.75) is 31.1 Å². The largest absolute Gasteiger partial charge is 0.381 e. The highest BCUT2D eigenvalue weighted by Crippen LogP contribution is 2.32. The molecule has 106 valence electrons. The summed E-state index contributed by atoms with van der Waals surface area (Å²) in [5, 5.41) is 0. The molecule has 0 bridgehead atoms. The summed E-state index contributed by atoms with van der Waals surface area (Å²) in [5.41, 5.74) is 1.22. The molecule has 3 heteroatoms. The predicted molar refractivity (Wildman–Crippen MR) is 78.2 cm³/mol. The minimum absolute atomic E-state index is 0.106. The van der Waals surface area contributed by atoms with Gasteiger partial charge in [-0.2, -0.15) is 0 Å². The summed E-state index contributed by atoms with van der Waals surface area (Å²) in [7, 11) is 0. The zero-order valence-corrected chi connectivity index (χ0v) is 11.8. The number of nitrogens with zero attached hydrogens (tertiary/aromatic N) is 1. The Labute approximate surface area is 120 Å². The van der Waals surface area contributed by atoms with Crippen LogP contribution in [0.1, 0.15) is 18.4 Å². The first-order valence-electron chi connectivity index (χ1n) is 7.28. The third-order valence-electron chi connectivity index (χ3n) is 4.17. The molecule has 1 aromatic carbocycles. The van der Waals surface area contributed by atoms with Gasteiger partial charge in [0.1, 0.15) is 6.10 Å². The van der Waals surface area contributed by atoms with E-state index in [1.54, 1.807) is 0 Å². The van der Waals surface area contributed by atoms with Gasteiger partial charge in [-0.05, 0) is 5.56 Å². The molecule has 2 fully saturated rings. The topological polar surface area (TPSA) is 21.7 Å². The number of rotatable bonds is 2. The molecule has 0 N–H and O–H groups in total. The molecule has 0 radical (unpaired) electrons. The van der Waals surface area contributed by atoms with E-state index < -0.39 is 0 Å². The van der Waals surface area contributed by atoms with Crippen LogP contribution in [0.5, 0.6) is 0 Å². The van der Waals surface area contributed by atoms with Crippen LogP contribution in [-0.4, -0.2) is 42.9 Å². The number of hydrogen-bond donors (Lipinski definition) is 0. The van der Waals surface area contributed by atoms with Crippen molar-refractivity contribution in [3.8, 4) is 12.3 Å². The van der Waals surface area contributed by atoms with Gasteiger partial charge in [-0.1, -0.05) is 36.3 Å². The average Bonchev–Trinajstić information content (AvgIpc) is 2.48. The molecule has 0 amide bonds. The maximum atomic E-state index is 6.17. The summed E-state index contributed by atoms with van der Waals surface area (Å²) in [6.45, 7) is 4.25. The lowest BCUT2D eigenvalue weighted by atomic mass is 9.91. The van der Waals surface area contributed by atoms with E-state index in [1.807, 2.05) is 6.07 Å². The van der Waals surface area contributed by atoms with Gasteiger partial charge in [0.05, 0.1) is 5.60 Å². The van der Waals surface area contributed by atoms with Crippen LogP contribution in [0.4, 0.5) is 0 Å². The zero-order valence-electron chi connectivity index (χ0n) is 11.8. The van der Waals surface area contributed by atoms with Gasteiger partial charge in [0.15, 0.2) is 0 Å². The van der Waals surface area contributed by atoms with E-state index in [1.165, 1.54) is 5.56 Å². The molecule has 0 aliphatic carbocycles. The van der Waals surface area contributed by atoms with Crippen molar-refractivity contribution >= 4 is 0 Å². The highest BCUT2D eigenvalue weighted by molar-refractivity contribution is 5.15. The van der Waals surface area contributed by atoms with Gasteiger partial charge in [-0.15, -0.1) is 6.42 Å². The summed E-state index contributed by atoms with van der Waals surface area (Å²) >= 11 is 0. The van der Waals surface area contributed by atoms with Crippen molar-refractivity contribution in [3.63, 3.8) is 0 Å². The Bertz CT molecular complexity index is 474. The second kappa shape index (κ2) is 5.97. The van der Waals surface area contributed by atoms with Crippen molar-refractivity contribution in [1.82, 2.24) is 4.90 Å². The van der Waals surface area contributed by atoms with Crippen molar-refractivity contribution in [2.75, 3.05) is 26.3 Å². The van der Waals surface area contributed by atoms with E-state index in [-0.39, 0.29) is 11.7 Å². The minimum atomic E-state index is -0.109. The van der Waals surface area contributed by atoms with Crippen LogP contribution in [0.2, 0.25) is 0 Å². The quantitative estimate of drug-likeness (QED) is 0.769. The van der Waals surface area contributed by atoms with E-state index in [9.17, 15) is 0 Å². The first kappa shape index (κ1) is 13.6. The van der Waals surface area contributed by atoms with Crippen LogP contribution in [0.3, 0.4) is 0 Å². The highest BCUT2D eigenvalue weighted by Gasteiger charge is 2.41. The molecule has 1 spiro atoms. The summed E-state index contributed by atoms with van der Waals surface area (Å²) in [6, 6.07) is 10.5. The van der Waals surface area contributed by atoms with Gasteiger partial charge in [0, 0.05) is 45.7 Å². The minimum Gasteiger partial charge on any atom is -0.381 e. The fraction of sp³-hybridized carbons (Fsp3) is 0.529. The molecular formula is C17H21NO2. The molecule has 2 aliphatic rings.